The molecule has 0 aromatic heterocycles. The Kier molecular flexibility index (Phi) is 4.84. The maximum Gasteiger partial charge on any atom is 0.157 e. The molecule has 0 N–H and O–H groups in total. The van der Waals surface area contributed by atoms with E-state index in [0.717, 1.165) is 25.9 Å². The minimum absolute atomic E-state index is 0.0364. The fraction of sp³-hybridized carbons (Fsp3) is 0.429. The number of rotatable bonds is 4. The van der Waals surface area contributed by atoms with Gasteiger partial charge in [0.2, 0.25) is 0 Å². The summed E-state index contributed by atoms with van der Waals surface area (Å²) in [5, 5.41) is 0. The molecule has 1 fully saturated rings. The first-order valence-electron chi connectivity index (χ1n) is 6.11. The third-order valence-electron chi connectivity index (χ3n) is 2.80. The Labute approximate surface area is 105 Å². The molecule has 0 radical (unpaired) electrons. The summed E-state index contributed by atoms with van der Waals surface area (Å²) in [6.07, 6.45) is 5.84. The molecule has 1 aliphatic heterocycles. The molecule has 0 saturated carbocycles. The lowest BCUT2D eigenvalue weighted by molar-refractivity contribution is -0.155. The van der Waals surface area contributed by atoms with Crippen molar-refractivity contribution < 1.29 is 18.3 Å². The van der Waals surface area contributed by atoms with Crippen LogP contribution in [-0.4, -0.2) is 19.5 Å². The van der Waals surface area contributed by atoms with E-state index >= 15 is 0 Å². The van der Waals surface area contributed by atoms with Crippen LogP contribution in [0.4, 0.5) is 8.78 Å². The molecule has 1 saturated heterocycles. The minimum atomic E-state index is -0.569. The second-order valence-electron chi connectivity index (χ2n) is 4.17. The van der Waals surface area contributed by atoms with Crippen LogP contribution in [-0.2, 0) is 9.47 Å². The van der Waals surface area contributed by atoms with Crippen LogP contribution in [0.3, 0.4) is 0 Å². The number of halogens is 2. The van der Waals surface area contributed by atoms with Crippen molar-refractivity contribution >= 4 is 6.08 Å². The average Bonchev–Trinajstić information content (AvgIpc) is 2.38. The van der Waals surface area contributed by atoms with Crippen molar-refractivity contribution in [2.45, 2.75) is 25.6 Å². The van der Waals surface area contributed by atoms with E-state index in [4.69, 9.17) is 9.47 Å². The lowest BCUT2D eigenvalue weighted by Crippen LogP contribution is -2.22. The zero-order chi connectivity index (χ0) is 12.8. The summed E-state index contributed by atoms with van der Waals surface area (Å²) in [6, 6.07) is 3.80. The van der Waals surface area contributed by atoms with E-state index < -0.39 is 11.6 Å². The Bertz CT molecular complexity index is 392. The van der Waals surface area contributed by atoms with Crippen molar-refractivity contribution in [3.63, 3.8) is 0 Å². The largest absolute Gasteiger partial charge is 0.353 e. The Morgan fingerprint density at radius 2 is 2.06 bits per heavy atom. The van der Waals surface area contributed by atoms with Gasteiger partial charge in [-0.2, -0.15) is 0 Å². The van der Waals surface area contributed by atoms with Crippen LogP contribution in [0.25, 0.3) is 6.08 Å². The first-order valence-corrected chi connectivity index (χ1v) is 6.11. The zero-order valence-corrected chi connectivity index (χ0v) is 10.1. The van der Waals surface area contributed by atoms with Crippen LogP contribution in [0.1, 0.15) is 24.8 Å². The van der Waals surface area contributed by atoms with E-state index in [1.54, 1.807) is 6.08 Å². The second kappa shape index (κ2) is 6.61. The molecule has 4 heteroatoms. The van der Waals surface area contributed by atoms with Crippen LogP contribution in [0, 0.1) is 11.6 Å². The van der Waals surface area contributed by atoms with Crippen LogP contribution >= 0.6 is 0 Å². The predicted octanol–water partition coefficient (Wildman–Crippen LogP) is 3.52. The molecule has 0 bridgehead atoms. The number of hydrogen-bond donors (Lipinski definition) is 0. The van der Waals surface area contributed by atoms with Gasteiger partial charge in [-0.3, -0.25) is 0 Å². The molecule has 2 nitrogen and oxygen atoms in total. The van der Waals surface area contributed by atoms with Gasteiger partial charge >= 0.3 is 0 Å². The summed E-state index contributed by atoms with van der Waals surface area (Å²) in [4.78, 5) is 0. The molecule has 98 valence electrons. The molecule has 1 aliphatic rings. The van der Waals surface area contributed by atoms with Gasteiger partial charge in [-0.1, -0.05) is 18.2 Å². The lowest BCUT2D eigenvalue weighted by Gasteiger charge is -2.21. The van der Waals surface area contributed by atoms with Crippen LogP contribution in [0.15, 0.2) is 24.3 Å². The van der Waals surface area contributed by atoms with Crippen molar-refractivity contribution in [1.82, 2.24) is 0 Å². The van der Waals surface area contributed by atoms with Gasteiger partial charge in [0.25, 0.3) is 0 Å². The molecular weight excluding hydrogens is 238 g/mol. The highest BCUT2D eigenvalue weighted by Gasteiger charge is 2.12. The molecule has 1 aromatic rings. The van der Waals surface area contributed by atoms with Crippen LogP contribution < -0.4 is 0 Å². The smallest absolute Gasteiger partial charge is 0.157 e. The fourth-order valence-corrected chi connectivity index (χ4v) is 1.84. The molecule has 1 heterocycles. The first kappa shape index (κ1) is 13.2. The van der Waals surface area contributed by atoms with E-state index in [1.807, 2.05) is 0 Å². The molecule has 0 spiro atoms. The highest BCUT2D eigenvalue weighted by molar-refractivity contribution is 5.50. The topological polar surface area (TPSA) is 18.5 Å². The van der Waals surface area contributed by atoms with E-state index in [9.17, 15) is 8.78 Å². The normalized spacial score (nSPS) is 20.4. The number of ether oxygens (including phenoxy) is 2. The van der Waals surface area contributed by atoms with Crippen molar-refractivity contribution in [2.24, 2.45) is 0 Å². The van der Waals surface area contributed by atoms with Gasteiger partial charge in [-0.05, 0) is 31.4 Å². The van der Waals surface area contributed by atoms with Gasteiger partial charge in [0.1, 0.15) is 11.6 Å². The Balaban J connectivity index is 1.83. The molecule has 18 heavy (non-hydrogen) atoms. The van der Waals surface area contributed by atoms with Crippen LogP contribution in [0.2, 0.25) is 0 Å². The maximum atomic E-state index is 13.3. The molecule has 1 atom stereocenters. The van der Waals surface area contributed by atoms with Crippen molar-refractivity contribution in [1.29, 1.82) is 0 Å². The molecule has 0 amide bonds. The highest BCUT2D eigenvalue weighted by Crippen LogP contribution is 2.15. The van der Waals surface area contributed by atoms with Gasteiger partial charge in [-0.25, -0.2) is 8.78 Å². The molecular formula is C14H16F2O2. The summed E-state index contributed by atoms with van der Waals surface area (Å²) in [5.41, 5.74) is -0.0364. The van der Waals surface area contributed by atoms with Gasteiger partial charge in [0.15, 0.2) is 6.29 Å². The summed E-state index contributed by atoms with van der Waals surface area (Å²) in [5.74, 6) is -1.14. The predicted molar refractivity (Wildman–Crippen MR) is 64.9 cm³/mol. The van der Waals surface area contributed by atoms with Gasteiger partial charge in [0, 0.05) is 12.2 Å². The number of benzene rings is 1. The quantitative estimate of drug-likeness (QED) is 0.818. The van der Waals surface area contributed by atoms with Gasteiger partial charge in [0.05, 0.1) is 6.61 Å². The molecule has 0 aliphatic carbocycles. The van der Waals surface area contributed by atoms with E-state index in [2.05, 4.69) is 0 Å². The first-order chi connectivity index (χ1) is 8.77. The Hall–Kier alpha value is -1.26. The van der Waals surface area contributed by atoms with Crippen LogP contribution in [0.5, 0.6) is 0 Å². The lowest BCUT2D eigenvalue weighted by atomic mass is 10.2. The summed E-state index contributed by atoms with van der Waals surface area (Å²) < 4.78 is 37.4. The van der Waals surface area contributed by atoms with Crippen molar-refractivity contribution in [3.8, 4) is 0 Å². The zero-order valence-electron chi connectivity index (χ0n) is 10.1. The molecule has 1 aromatic carbocycles. The molecule has 1 unspecified atom stereocenters. The van der Waals surface area contributed by atoms with Crippen molar-refractivity contribution in [3.05, 3.63) is 41.5 Å². The third-order valence-corrected chi connectivity index (χ3v) is 2.80. The highest BCUT2D eigenvalue weighted by atomic mass is 19.1. The van der Waals surface area contributed by atoms with Crippen molar-refractivity contribution in [2.75, 3.05) is 13.2 Å². The van der Waals surface area contributed by atoms with E-state index in [-0.39, 0.29) is 11.9 Å². The third kappa shape index (κ3) is 3.62. The van der Waals surface area contributed by atoms with E-state index in [1.165, 1.54) is 24.3 Å². The summed E-state index contributed by atoms with van der Waals surface area (Å²) in [6.45, 7) is 1.01. The SMILES string of the molecule is Fc1cccc(F)c1/C=C/COC1CCCCO1. The Morgan fingerprint density at radius 3 is 2.72 bits per heavy atom. The van der Waals surface area contributed by atoms with Gasteiger partial charge < -0.3 is 9.47 Å². The summed E-state index contributed by atoms with van der Waals surface area (Å²) in [7, 11) is 0. The standard InChI is InChI=1S/C14H16F2O2/c15-12-6-3-7-13(16)11(12)5-4-10-18-14-8-1-2-9-17-14/h3-7,14H,1-2,8-10H2/b5-4+. The number of hydrogen-bond acceptors (Lipinski definition) is 2. The molecule has 2 rings (SSSR count). The second-order valence-corrected chi connectivity index (χ2v) is 4.17. The maximum absolute atomic E-state index is 13.3. The Morgan fingerprint density at radius 1 is 1.28 bits per heavy atom. The van der Waals surface area contributed by atoms with E-state index in [0.29, 0.717) is 6.61 Å². The minimum Gasteiger partial charge on any atom is -0.353 e. The fourth-order valence-electron chi connectivity index (χ4n) is 1.84. The summed E-state index contributed by atoms with van der Waals surface area (Å²) >= 11 is 0. The average molecular weight is 254 g/mol. The van der Waals surface area contributed by atoms with Gasteiger partial charge in [-0.15, -0.1) is 0 Å². The monoisotopic (exact) mass is 254 g/mol.